The quantitative estimate of drug-likeness (QED) is 0.596. The Morgan fingerprint density at radius 2 is 1.79 bits per heavy atom. The van der Waals surface area contributed by atoms with Gasteiger partial charge in [0.15, 0.2) is 0 Å². The van der Waals surface area contributed by atoms with Gasteiger partial charge in [-0.25, -0.2) is 0 Å². The Hall–Kier alpha value is -0.220. The molecule has 0 aliphatic carbocycles. The topological polar surface area (TPSA) is 49.3 Å². The summed E-state index contributed by atoms with van der Waals surface area (Å²) < 4.78 is 0. The molecule has 0 radical (unpaired) electrons. The van der Waals surface area contributed by atoms with E-state index in [1.165, 1.54) is 51.4 Å². The van der Waals surface area contributed by atoms with Gasteiger partial charge in [0.25, 0.3) is 0 Å². The summed E-state index contributed by atoms with van der Waals surface area (Å²) in [7, 11) is 0. The molecule has 1 aliphatic rings. The molecule has 1 rings (SSSR count). The molecule has 112 valence electrons. The third-order valence-electron chi connectivity index (χ3n) is 3.73. The van der Waals surface area contributed by atoms with Crippen LogP contribution in [0.2, 0.25) is 0 Å². The minimum Gasteiger partial charge on any atom is -0.480 e. The van der Waals surface area contributed by atoms with Crippen LogP contribution in [0.25, 0.3) is 0 Å². The lowest BCUT2D eigenvalue weighted by molar-refractivity contribution is -0.139. The van der Waals surface area contributed by atoms with Crippen LogP contribution in [0.15, 0.2) is 0 Å². The van der Waals surface area contributed by atoms with Gasteiger partial charge in [-0.1, -0.05) is 58.3 Å². The number of hydrogen-bond donors (Lipinski definition) is 2. The van der Waals surface area contributed by atoms with E-state index in [0.717, 1.165) is 18.6 Å². The summed E-state index contributed by atoms with van der Waals surface area (Å²) in [5, 5.41) is 12.6. The standard InChI is InChI=1S/C15H29NO2S/c1-2-3-4-5-6-7-8-9-10-14-16-13(15(17)18)11-12-19-14/h13-14,16H,2-12H2,1H3,(H,17,18)/t13-,14+/m0/s1. The first-order valence-corrected chi connectivity index (χ1v) is 8.89. The van der Waals surface area contributed by atoms with Gasteiger partial charge in [0.1, 0.15) is 6.04 Å². The first kappa shape index (κ1) is 16.8. The van der Waals surface area contributed by atoms with Crippen molar-refractivity contribution in [1.82, 2.24) is 5.32 Å². The molecular formula is C15H29NO2S. The molecule has 0 aromatic heterocycles. The van der Waals surface area contributed by atoms with Crippen LogP contribution in [0.1, 0.15) is 71.1 Å². The summed E-state index contributed by atoms with van der Waals surface area (Å²) in [6, 6.07) is -0.319. The molecule has 1 fully saturated rings. The molecule has 19 heavy (non-hydrogen) atoms. The van der Waals surface area contributed by atoms with Crippen LogP contribution in [-0.4, -0.2) is 28.2 Å². The van der Waals surface area contributed by atoms with E-state index in [1.54, 1.807) is 0 Å². The van der Waals surface area contributed by atoms with Gasteiger partial charge in [0, 0.05) is 0 Å². The van der Waals surface area contributed by atoms with E-state index in [9.17, 15) is 4.79 Å². The van der Waals surface area contributed by atoms with Crippen molar-refractivity contribution in [1.29, 1.82) is 0 Å². The number of hydrogen-bond acceptors (Lipinski definition) is 3. The van der Waals surface area contributed by atoms with Gasteiger partial charge < -0.3 is 5.11 Å². The molecule has 0 aromatic carbocycles. The Labute approximate surface area is 121 Å². The maximum atomic E-state index is 10.9. The van der Waals surface area contributed by atoms with Crippen molar-refractivity contribution in [3.63, 3.8) is 0 Å². The van der Waals surface area contributed by atoms with Crippen LogP contribution >= 0.6 is 11.8 Å². The van der Waals surface area contributed by atoms with Crippen LogP contribution in [0.4, 0.5) is 0 Å². The Kier molecular flexibility index (Phi) is 9.35. The van der Waals surface area contributed by atoms with Gasteiger partial charge in [0.2, 0.25) is 0 Å². The molecule has 1 saturated heterocycles. The fraction of sp³-hybridized carbons (Fsp3) is 0.933. The minimum atomic E-state index is -0.693. The average Bonchev–Trinajstić information content (AvgIpc) is 2.42. The zero-order valence-electron chi connectivity index (χ0n) is 12.2. The summed E-state index contributed by atoms with van der Waals surface area (Å²) >= 11 is 1.88. The number of nitrogens with one attached hydrogen (secondary N) is 1. The van der Waals surface area contributed by atoms with Crippen molar-refractivity contribution in [2.24, 2.45) is 0 Å². The van der Waals surface area contributed by atoms with Crippen molar-refractivity contribution >= 4 is 17.7 Å². The first-order chi connectivity index (χ1) is 9.24. The van der Waals surface area contributed by atoms with Gasteiger partial charge in [-0.05, 0) is 18.6 Å². The number of carbonyl (C=O) groups is 1. The summed E-state index contributed by atoms with van der Waals surface area (Å²) in [4.78, 5) is 10.9. The molecule has 2 atom stereocenters. The van der Waals surface area contributed by atoms with Gasteiger partial charge in [0.05, 0.1) is 5.37 Å². The van der Waals surface area contributed by atoms with Crippen molar-refractivity contribution in [3.05, 3.63) is 0 Å². The number of aliphatic carboxylic acids is 1. The second-order valence-electron chi connectivity index (χ2n) is 5.47. The minimum absolute atomic E-state index is 0.319. The highest BCUT2D eigenvalue weighted by molar-refractivity contribution is 7.99. The summed E-state index contributed by atoms with van der Waals surface area (Å²) in [5.41, 5.74) is 0. The molecule has 0 spiro atoms. The first-order valence-electron chi connectivity index (χ1n) is 7.84. The Balaban J connectivity index is 1.95. The van der Waals surface area contributed by atoms with Crippen LogP contribution in [0.5, 0.6) is 0 Å². The van der Waals surface area contributed by atoms with Crippen molar-refractivity contribution in [2.75, 3.05) is 5.75 Å². The van der Waals surface area contributed by atoms with Crippen molar-refractivity contribution in [2.45, 2.75) is 82.5 Å². The predicted molar refractivity (Wildman–Crippen MR) is 82.6 cm³/mol. The predicted octanol–water partition coefficient (Wildman–Crippen LogP) is 4.02. The molecular weight excluding hydrogens is 258 g/mol. The highest BCUT2D eigenvalue weighted by Gasteiger charge is 2.25. The Bertz CT molecular complexity index is 248. The van der Waals surface area contributed by atoms with E-state index >= 15 is 0 Å². The summed E-state index contributed by atoms with van der Waals surface area (Å²) in [5.74, 6) is 0.285. The molecule has 4 heteroatoms. The maximum Gasteiger partial charge on any atom is 0.320 e. The Morgan fingerprint density at radius 3 is 2.42 bits per heavy atom. The van der Waals surface area contributed by atoms with E-state index in [2.05, 4.69) is 12.2 Å². The lowest BCUT2D eigenvalue weighted by Gasteiger charge is -2.28. The van der Waals surface area contributed by atoms with Crippen LogP contribution in [0, 0.1) is 0 Å². The van der Waals surface area contributed by atoms with E-state index in [4.69, 9.17) is 5.11 Å². The molecule has 3 nitrogen and oxygen atoms in total. The molecule has 1 heterocycles. The summed E-state index contributed by atoms with van der Waals surface area (Å²) in [6.07, 6.45) is 12.5. The number of carboxylic acids is 1. The van der Waals surface area contributed by atoms with Crippen molar-refractivity contribution < 1.29 is 9.90 Å². The molecule has 1 aliphatic heterocycles. The summed E-state index contributed by atoms with van der Waals surface area (Å²) in [6.45, 7) is 2.25. The van der Waals surface area contributed by atoms with E-state index < -0.39 is 5.97 Å². The number of thioether (sulfide) groups is 1. The van der Waals surface area contributed by atoms with E-state index in [0.29, 0.717) is 5.37 Å². The molecule has 0 unspecified atom stereocenters. The van der Waals surface area contributed by atoms with Gasteiger partial charge >= 0.3 is 5.97 Å². The normalized spacial score (nSPS) is 23.4. The maximum absolute atomic E-state index is 10.9. The highest BCUT2D eigenvalue weighted by atomic mass is 32.2. The van der Waals surface area contributed by atoms with E-state index in [-0.39, 0.29) is 6.04 Å². The molecule has 2 N–H and O–H groups in total. The number of carboxylic acid groups (broad SMARTS) is 1. The molecule has 0 saturated carbocycles. The fourth-order valence-electron chi connectivity index (χ4n) is 2.51. The fourth-order valence-corrected chi connectivity index (χ4v) is 3.76. The van der Waals surface area contributed by atoms with Crippen LogP contribution in [-0.2, 0) is 4.79 Å². The molecule has 0 bridgehead atoms. The lowest BCUT2D eigenvalue weighted by Crippen LogP contribution is -2.45. The molecule has 0 aromatic rings. The lowest BCUT2D eigenvalue weighted by atomic mass is 10.1. The SMILES string of the molecule is CCCCCCCCCC[C@@H]1N[C@H](C(=O)O)CCS1. The second-order valence-corrected chi connectivity index (χ2v) is 6.78. The van der Waals surface area contributed by atoms with Gasteiger partial charge in [-0.15, -0.1) is 11.8 Å². The average molecular weight is 287 g/mol. The second kappa shape index (κ2) is 10.6. The highest BCUT2D eigenvalue weighted by Crippen LogP contribution is 2.23. The molecule has 0 amide bonds. The van der Waals surface area contributed by atoms with Gasteiger partial charge in [-0.2, -0.15) is 0 Å². The smallest absolute Gasteiger partial charge is 0.320 e. The Morgan fingerprint density at radius 1 is 1.16 bits per heavy atom. The third-order valence-corrected chi connectivity index (χ3v) is 4.98. The zero-order valence-corrected chi connectivity index (χ0v) is 13.0. The van der Waals surface area contributed by atoms with Crippen LogP contribution < -0.4 is 5.32 Å². The largest absolute Gasteiger partial charge is 0.480 e. The monoisotopic (exact) mass is 287 g/mol. The van der Waals surface area contributed by atoms with Crippen LogP contribution in [0.3, 0.4) is 0 Å². The van der Waals surface area contributed by atoms with Gasteiger partial charge in [-0.3, -0.25) is 10.1 Å². The number of rotatable bonds is 10. The van der Waals surface area contributed by atoms with Crippen molar-refractivity contribution in [3.8, 4) is 0 Å². The zero-order chi connectivity index (χ0) is 13.9. The third kappa shape index (κ3) is 7.83. The van der Waals surface area contributed by atoms with E-state index in [1.807, 2.05) is 11.8 Å². The number of unbranched alkanes of at least 4 members (excludes halogenated alkanes) is 7.